The molecule has 0 bridgehead atoms. The molecule has 0 aliphatic heterocycles. The van der Waals surface area contributed by atoms with E-state index in [1.165, 1.54) is 60.7 Å². The van der Waals surface area contributed by atoms with Crippen molar-refractivity contribution in [2.45, 2.75) is 19.3 Å². The number of nitrogens with zero attached hydrogens (tertiary/aromatic N) is 2. The first-order valence-electron chi connectivity index (χ1n) is 20.4. The second-order valence-electron chi connectivity index (χ2n) is 16.1. The molecule has 0 amide bonds. The smallest absolute Gasteiger partial charge is 0.161 e. The average molecular weight is 753 g/mol. The van der Waals surface area contributed by atoms with Crippen LogP contribution in [0.2, 0.25) is 0 Å². The molecule has 59 heavy (non-hydrogen) atoms. The van der Waals surface area contributed by atoms with Crippen LogP contribution in [0.15, 0.2) is 206 Å². The minimum Gasteiger partial charge on any atom is -0.228 e. The van der Waals surface area contributed by atoms with E-state index in [1.54, 1.807) is 0 Å². The van der Waals surface area contributed by atoms with Crippen molar-refractivity contribution in [1.29, 1.82) is 0 Å². The van der Waals surface area contributed by atoms with Crippen LogP contribution in [-0.4, -0.2) is 9.97 Å². The van der Waals surface area contributed by atoms with Gasteiger partial charge in [0, 0.05) is 22.1 Å². The molecule has 1 heterocycles. The zero-order valence-corrected chi connectivity index (χ0v) is 33.0. The summed E-state index contributed by atoms with van der Waals surface area (Å²) in [5.74, 6) is 0.704. The first-order valence-corrected chi connectivity index (χ1v) is 20.4. The molecule has 2 heteroatoms. The SMILES string of the molecule is CC1(C)c2cc3ccccc3cc2-c2cccc(-c3cccc(-c4ccc(-c5nc(-c6ccccc6)cc(-c6ccccc6-c6ccccc6)n5)c5ccccc45)c3)c21. The van der Waals surface area contributed by atoms with Crippen LogP contribution < -0.4 is 0 Å². The predicted molar refractivity (Wildman–Crippen MR) is 247 cm³/mol. The largest absolute Gasteiger partial charge is 0.228 e. The number of fused-ring (bicyclic) bond motifs is 5. The van der Waals surface area contributed by atoms with E-state index in [0.717, 1.165) is 44.6 Å². The van der Waals surface area contributed by atoms with Crippen LogP contribution in [-0.2, 0) is 5.41 Å². The molecule has 0 atom stereocenters. The molecule has 11 rings (SSSR count). The Morgan fingerprint density at radius 1 is 0.322 bits per heavy atom. The Hall–Kier alpha value is -7.42. The van der Waals surface area contributed by atoms with Gasteiger partial charge in [0.05, 0.1) is 11.4 Å². The Kier molecular flexibility index (Phi) is 8.20. The Bertz CT molecular complexity index is 3230. The highest BCUT2D eigenvalue weighted by Crippen LogP contribution is 2.53. The zero-order chi connectivity index (χ0) is 39.5. The highest BCUT2D eigenvalue weighted by atomic mass is 14.9. The van der Waals surface area contributed by atoms with Gasteiger partial charge in [0.2, 0.25) is 0 Å². The molecule has 1 aliphatic rings. The van der Waals surface area contributed by atoms with E-state index in [1.807, 2.05) is 6.07 Å². The molecule has 0 saturated heterocycles. The van der Waals surface area contributed by atoms with Crippen LogP contribution in [0.5, 0.6) is 0 Å². The highest BCUT2D eigenvalue weighted by molar-refractivity contribution is 6.05. The molecule has 0 fully saturated rings. The van der Waals surface area contributed by atoms with Crippen LogP contribution in [0.3, 0.4) is 0 Å². The summed E-state index contributed by atoms with van der Waals surface area (Å²) < 4.78 is 0. The summed E-state index contributed by atoms with van der Waals surface area (Å²) in [6.07, 6.45) is 0. The van der Waals surface area contributed by atoms with Crippen molar-refractivity contribution in [3.05, 3.63) is 217 Å². The highest BCUT2D eigenvalue weighted by Gasteiger charge is 2.37. The van der Waals surface area contributed by atoms with Gasteiger partial charge in [-0.15, -0.1) is 0 Å². The molecule has 0 unspecified atom stereocenters. The Morgan fingerprint density at radius 2 is 0.847 bits per heavy atom. The van der Waals surface area contributed by atoms with E-state index >= 15 is 0 Å². The van der Waals surface area contributed by atoms with E-state index in [4.69, 9.17) is 9.97 Å². The van der Waals surface area contributed by atoms with Crippen molar-refractivity contribution in [3.8, 4) is 78.4 Å². The number of rotatable bonds is 6. The van der Waals surface area contributed by atoms with Crippen LogP contribution in [0.1, 0.15) is 25.0 Å². The van der Waals surface area contributed by atoms with E-state index < -0.39 is 0 Å². The van der Waals surface area contributed by atoms with E-state index in [0.29, 0.717) is 5.82 Å². The third-order valence-electron chi connectivity index (χ3n) is 12.3. The maximum absolute atomic E-state index is 5.36. The van der Waals surface area contributed by atoms with Gasteiger partial charge in [0.15, 0.2) is 5.82 Å². The topological polar surface area (TPSA) is 25.8 Å². The summed E-state index contributed by atoms with van der Waals surface area (Å²) in [5.41, 5.74) is 17.4. The minimum absolute atomic E-state index is 0.148. The van der Waals surface area contributed by atoms with Crippen molar-refractivity contribution >= 4 is 21.5 Å². The van der Waals surface area contributed by atoms with Crippen molar-refractivity contribution in [3.63, 3.8) is 0 Å². The molecular weight excluding hydrogens is 713 g/mol. The van der Waals surface area contributed by atoms with Crippen molar-refractivity contribution < 1.29 is 0 Å². The summed E-state index contributed by atoms with van der Waals surface area (Å²) >= 11 is 0. The van der Waals surface area contributed by atoms with Gasteiger partial charge in [-0.1, -0.05) is 190 Å². The molecule has 2 nitrogen and oxygen atoms in total. The van der Waals surface area contributed by atoms with Gasteiger partial charge in [0.1, 0.15) is 0 Å². The quantitative estimate of drug-likeness (QED) is 0.169. The number of aromatic nitrogens is 2. The molecule has 9 aromatic carbocycles. The molecule has 278 valence electrons. The van der Waals surface area contributed by atoms with E-state index in [-0.39, 0.29) is 5.41 Å². The van der Waals surface area contributed by atoms with Gasteiger partial charge in [-0.2, -0.15) is 0 Å². The first-order chi connectivity index (χ1) is 29.0. The van der Waals surface area contributed by atoms with Crippen molar-refractivity contribution in [1.82, 2.24) is 9.97 Å². The second kappa shape index (κ2) is 13.9. The van der Waals surface area contributed by atoms with Gasteiger partial charge in [-0.25, -0.2) is 9.97 Å². The third-order valence-corrected chi connectivity index (χ3v) is 12.3. The third kappa shape index (κ3) is 5.87. The predicted octanol–water partition coefficient (Wildman–Crippen LogP) is 15.1. The van der Waals surface area contributed by atoms with E-state index in [9.17, 15) is 0 Å². The Balaban J connectivity index is 1.05. The fraction of sp³-hybridized carbons (Fsp3) is 0.0526. The average Bonchev–Trinajstić information content (AvgIpc) is 3.53. The van der Waals surface area contributed by atoms with Gasteiger partial charge < -0.3 is 0 Å². The molecule has 1 aliphatic carbocycles. The lowest BCUT2D eigenvalue weighted by Crippen LogP contribution is -2.16. The molecule has 10 aromatic rings. The summed E-state index contributed by atoms with van der Waals surface area (Å²) in [7, 11) is 0. The number of hydrogen-bond donors (Lipinski definition) is 0. The summed E-state index contributed by atoms with van der Waals surface area (Å²) in [5, 5.41) is 4.85. The molecule has 1 aromatic heterocycles. The van der Waals surface area contributed by atoms with Crippen molar-refractivity contribution in [2.24, 2.45) is 0 Å². The van der Waals surface area contributed by atoms with Crippen LogP contribution in [0, 0.1) is 0 Å². The number of benzene rings is 9. The maximum Gasteiger partial charge on any atom is 0.161 e. The lowest BCUT2D eigenvalue weighted by atomic mass is 9.78. The fourth-order valence-electron chi connectivity index (χ4n) is 9.44. The second-order valence-corrected chi connectivity index (χ2v) is 16.1. The molecular formula is C57H40N2. The first kappa shape index (κ1) is 34.8. The normalized spacial score (nSPS) is 12.7. The van der Waals surface area contributed by atoms with Crippen LogP contribution in [0.25, 0.3) is 100.0 Å². The monoisotopic (exact) mass is 752 g/mol. The Morgan fingerprint density at radius 3 is 1.61 bits per heavy atom. The molecule has 0 spiro atoms. The summed E-state index contributed by atoms with van der Waals surface area (Å²) in [6.45, 7) is 4.76. The zero-order valence-electron chi connectivity index (χ0n) is 33.0. The summed E-state index contributed by atoms with van der Waals surface area (Å²) in [4.78, 5) is 10.6. The lowest BCUT2D eigenvalue weighted by molar-refractivity contribution is 0.663. The fourth-order valence-corrected chi connectivity index (χ4v) is 9.44. The molecule has 0 radical (unpaired) electrons. The van der Waals surface area contributed by atoms with E-state index in [2.05, 4.69) is 214 Å². The molecule has 0 saturated carbocycles. The standard InChI is InChI=1S/C57H40N2/c1-57(2)52-35-40-22-10-9-21-39(40)34-51(52)49-30-16-29-45(55(49)57)42-24-15-23-41(33-42)44-31-32-50(47-27-13-12-26-46(44)47)56-58-53(38-19-7-4-8-20-38)36-54(59-56)48-28-14-11-25-43(48)37-17-5-3-6-18-37/h3-36H,1-2H3. The van der Waals surface area contributed by atoms with Gasteiger partial charge in [0.25, 0.3) is 0 Å². The van der Waals surface area contributed by atoms with Gasteiger partial charge in [-0.05, 0) is 108 Å². The van der Waals surface area contributed by atoms with Crippen LogP contribution in [0.4, 0.5) is 0 Å². The summed E-state index contributed by atoms with van der Waals surface area (Å²) in [6, 6.07) is 74.2. The van der Waals surface area contributed by atoms with Gasteiger partial charge in [-0.3, -0.25) is 0 Å². The Labute approximate surface area is 345 Å². The maximum atomic E-state index is 5.36. The lowest BCUT2D eigenvalue weighted by Gasteiger charge is -2.25. The minimum atomic E-state index is -0.148. The number of hydrogen-bond acceptors (Lipinski definition) is 2. The van der Waals surface area contributed by atoms with Gasteiger partial charge >= 0.3 is 0 Å². The van der Waals surface area contributed by atoms with Crippen LogP contribution >= 0.6 is 0 Å². The molecule has 0 N–H and O–H groups in total. The van der Waals surface area contributed by atoms with Crippen molar-refractivity contribution in [2.75, 3.05) is 0 Å².